The first-order chi connectivity index (χ1) is 13.0. The fraction of sp³-hybridized carbons (Fsp3) is 0.182. The molecule has 1 unspecified atom stereocenters. The van der Waals surface area contributed by atoms with E-state index in [0.29, 0.717) is 11.4 Å². The first-order valence-electron chi connectivity index (χ1n) is 8.73. The molecule has 0 aliphatic carbocycles. The van der Waals surface area contributed by atoms with Crippen molar-refractivity contribution >= 4 is 34.2 Å². The van der Waals surface area contributed by atoms with Crippen LogP contribution in [0.25, 0.3) is 10.8 Å². The molecule has 0 aliphatic heterocycles. The minimum Gasteiger partial charge on any atom is -0.481 e. The average Bonchev–Trinajstić information content (AvgIpc) is 2.63. The van der Waals surface area contributed by atoms with Crippen LogP contribution in [0.3, 0.4) is 0 Å². The quantitative estimate of drug-likeness (QED) is 0.643. The van der Waals surface area contributed by atoms with Crippen molar-refractivity contribution in [1.82, 2.24) is 5.32 Å². The highest BCUT2D eigenvalue weighted by molar-refractivity contribution is 6.30. The van der Waals surface area contributed by atoms with E-state index in [1.165, 1.54) is 0 Å². The summed E-state index contributed by atoms with van der Waals surface area (Å²) < 4.78 is 0. The topological polar surface area (TPSA) is 66.4 Å². The maximum Gasteiger partial charge on any atom is 0.305 e. The summed E-state index contributed by atoms with van der Waals surface area (Å²) in [6.07, 6.45) is 0.522. The molecule has 1 atom stereocenters. The fourth-order valence-corrected chi connectivity index (χ4v) is 3.23. The van der Waals surface area contributed by atoms with Crippen molar-refractivity contribution in [3.05, 3.63) is 82.9 Å². The largest absolute Gasteiger partial charge is 0.481 e. The monoisotopic (exact) mass is 381 g/mol. The Hall–Kier alpha value is -2.85. The van der Waals surface area contributed by atoms with Gasteiger partial charge in [-0.15, -0.1) is 0 Å². The van der Waals surface area contributed by atoms with Gasteiger partial charge in [-0.2, -0.15) is 0 Å². The van der Waals surface area contributed by atoms with Crippen molar-refractivity contribution in [2.75, 3.05) is 0 Å². The molecule has 138 valence electrons. The van der Waals surface area contributed by atoms with E-state index in [0.717, 1.165) is 21.9 Å². The summed E-state index contributed by atoms with van der Waals surface area (Å²) in [6.45, 7) is 0. The lowest BCUT2D eigenvalue weighted by molar-refractivity contribution is -0.137. The molecule has 0 aliphatic rings. The van der Waals surface area contributed by atoms with Gasteiger partial charge in [-0.25, -0.2) is 0 Å². The summed E-state index contributed by atoms with van der Waals surface area (Å²) in [7, 11) is 0. The lowest BCUT2D eigenvalue weighted by Gasteiger charge is -2.17. The number of nitrogens with one attached hydrogen (secondary N) is 1. The Bertz CT molecular complexity index is 953. The minimum atomic E-state index is -0.937. The smallest absolute Gasteiger partial charge is 0.305 e. The summed E-state index contributed by atoms with van der Waals surface area (Å²) in [5, 5.41) is 14.9. The molecule has 5 heteroatoms. The van der Waals surface area contributed by atoms with Crippen LogP contribution in [0.15, 0.2) is 66.7 Å². The van der Waals surface area contributed by atoms with E-state index in [1.807, 2.05) is 42.5 Å². The summed E-state index contributed by atoms with van der Waals surface area (Å²) >= 11 is 5.86. The van der Waals surface area contributed by atoms with Crippen LogP contribution in [-0.4, -0.2) is 23.0 Å². The second-order valence-electron chi connectivity index (χ2n) is 6.55. The zero-order valence-electron chi connectivity index (χ0n) is 14.7. The van der Waals surface area contributed by atoms with Gasteiger partial charge in [0.15, 0.2) is 0 Å². The van der Waals surface area contributed by atoms with Crippen LogP contribution in [0, 0.1) is 0 Å². The number of amides is 1. The molecule has 3 aromatic carbocycles. The standard InChI is InChI=1S/C22H20ClNO3/c23-19-9-6-15(7-10-19)13-21(25)24-20(14-22(26)27)12-16-5-8-17-3-1-2-4-18(17)11-16/h1-11,20H,12-14H2,(H,24,25)(H,26,27). The molecule has 0 spiro atoms. The zero-order chi connectivity index (χ0) is 19.2. The van der Waals surface area contributed by atoms with Crippen LogP contribution in [0.4, 0.5) is 0 Å². The van der Waals surface area contributed by atoms with Crippen molar-refractivity contribution in [3.63, 3.8) is 0 Å². The number of fused-ring (bicyclic) bond motifs is 1. The lowest BCUT2D eigenvalue weighted by atomic mass is 9.99. The van der Waals surface area contributed by atoms with Gasteiger partial charge in [0.1, 0.15) is 0 Å². The number of carbonyl (C=O) groups excluding carboxylic acids is 1. The summed E-state index contributed by atoms with van der Waals surface area (Å²) in [5.41, 5.74) is 1.82. The Kier molecular flexibility index (Phi) is 6.09. The Morgan fingerprint density at radius 1 is 0.926 bits per heavy atom. The Morgan fingerprint density at radius 3 is 2.30 bits per heavy atom. The van der Waals surface area contributed by atoms with Crippen molar-refractivity contribution < 1.29 is 14.7 Å². The van der Waals surface area contributed by atoms with E-state index in [2.05, 4.69) is 5.32 Å². The SMILES string of the molecule is O=C(O)CC(Cc1ccc2ccccc2c1)NC(=O)Cc1ccc(Cl)cc1. The van der Waals surface area contributed by atoms with Crippen molar-refractivity contribution in [2.24, 2.45) is 0 Å². The van der Waals surface area contributed by atoms with E-state index >= 15 is 0 Å². The number of benzene rings is 3. The molecule has 0 saturated carbocycles. The van der Waals surface area contributed by atoms with Crippen LogP contribution >= 0.6 is 11.6 Å². The highest BCUT2D eigenvalue weighted by Gasteiger charge is 2.17. The van der Waals surface area contributed by atoms with Gasteiger partial charge >= 0.3 is 5.97 Å². The molecule has 4 nitrogen and oxygen atoms in total. The maximum absolute atomic E-state index is 12.4. The summed E-state index contributed by atoms with van der Waals surface area (Å²) in [4.78, 5) is 23.6. The third-order valence-electron chi connectivity index (χ3n) is 4.36. The van der Waals surface area contributed by atoms with Gasteiger partial charge in [0.25, 0.3) is 0 Å². The fourth-order valence-electron chi connectivity index (χ4n) is 3.10. The Morgan fingerprint density at radius 2 is 1.59 bits per heavy atom. The number of carbonyl (C=O) groups is 2. The number of carboxylic acids is 1. The van der Waals surface area contributed by atoms with E-state index in [1.54, 1.807) is 24.3 Å². The van der Waals surface area contributed by atoms with Crippen molar-refractivity contribution in [3.8, 4) is 0 Å². The molecule has 0 heterocycles. The molecule has 3 rings (SSSR count). The van der Waals surface area contributed by atoms with Crippen LogP contribution in [0.2, 0.25) is 5.02 Å². The van der Waals surface area contributed by atoms with Gasteiger partial charge in [0, 0.05) is 11.1 Å². The molecule has 3 aromatic rings. The molecule has 0 radical (unpaired) electrons. The minimum absolute atomic E-state index is 0.126. The predicted octanol–water partition coefficient (Wildman–Crippen LogP) is 4.24. The number of hydrogen-bond acceptors (Lipinski definition) is 2. The molecule has 1 amide bonds. The van der Waals surface area contributed by atoms with Gasteiger partial charge in [0.05, 0.1) is 12.8 Å². The van der Waals surface area contributed by atoms with Crippen LogP contribution in [0.1, 0.15) is 17.5 Å². The third kappa shape index (κ3) is 5.56. The molecule has 0 bridgehead atoms. The number of rotatable bonds is 7. The van der Waals surface area contributed by atoms with E-state index < -0.39 is 12.0 Å². The highest BCUT2D eigenvalue weighted by Crippen LogP contribution is 2.17. The Balaban J connectivity index is 1.69. The number of carboxylic acid groups (broad SMARTS) is 1. The number of aliphatic carboxylic acids is 1. The molecule has 2 N–H and O–H groups in total. The van der Waals surface area contributed by atoms with Crippen LogP contribution in [-0.2, 0) is 22.4 Å². The van der Waals surface area contributed by atoms with Crippen LogP contribution < -0.4 is 5.32 Å². The normalized spacial score (nSPS) is 11.9. The third-order valence-corrected chi connectivity index (χ3v) is 4.61. The highest BCUT2D eigenvalue weighted by atomic mass is 35.5. The first-order valence-corrected chi connectivity index (χ1v) is 9.10. The molecule has 0 aromatic heterocycles. The summed E-state index contributed by atoms with van der Waals surface area (Å²) in [6, 6.07) is 20.6. The molecule has 0 saturated heterocycles. The number of hydrogen-bond donors (Lipinski definition) is 2. The second kappa shape index (κ2) is 8.69. The van der Waals surface area contributed by atoms with E-state index in [-0.39, 0.29) is 18.7 Å². The van der Waals surface area contributed by atoms with E-state index in [4.69, 9.17) is 11.6 Å². The van der Waals surface area contributed by atoms with Gasteiger partial charge < -0.3 is 10.4 Å². The molecule has 0 fully saturated rings. The van der Waals surface area contributed by atoms with E-state index in [9.17, 15) is 14.7 Å². The Labute approximate surface area is 162 Å². The van der Waals surface area contributed by atoms with Gasteiger partial charge in [-0.1, -0.05) is 66.2 Å². The second-order valence-corrected chi connectivity index (χ2v) is 6.99. The van der Waals surface area contributed by atoms with Crippen molar-refractivity contribution in [2.45, 2.75) is 25.3 Å². The average molecular weight is 382 g/mol. The lowest BCUT2D eigenvalue weighted by Crippen LogP contribution is -2.38. The molecular formula is C22H20ClNO3. The van der Waals surface area contributed by atoms with Gasteiger partial charge in [-0.05, 0) is 40.5 Å². The maximum atomic E-state index is 12.4. The molecule has 27 heavy (non-hydrogen) atoms. The zero-order valence-corrected chi connectivity index (χ0v) is 15.4. The van der Waals surface area contributed by atoms with Crippen molar-refractivity contribution in [1.29, 1.82) is 0 Å². The first kappa shape index (κ1) is 18.9. The van der Waals surface area contributed by atoms with Crippen LogP contribution in [0.5, 0.6) is 0 Å². The summed E-state index contributed by atoms with van der Waals surface area (Å²) in [5.74, 6) is -1.14. The predicted molar refractivity (Wildman–Crippen MR) is 107 cm³/mol. The van der Waals surface area contributed by atoms with Gasteiger partial charge in [0.2, 0.25) is 5.91 Å². The number of halogens is 1. The van der Waals surface area contributed by atoms with Gasteiger partial charge in [-0.3, -0.25) is 9.59 Å². The molecular weight excluding hydrogens is 362 g/mol.